The number of ether oxygens (including phenoxy) is 1. The first-order valence-electron chi connectivity index (χ1n) is 8.56. The zero-order chi connectivity index (χ0) is 18.8. The Morgan fingerprint density at radius 2 is 2.15 bits per heavy atom. The molecule has 5 nitrogen and oxygen atoms in total. The second kappa shape index (κ2) is 7.96. The van der Waals surface area contributed by atoms with Crippen molar-refractivity contribution in [1.29, 1.82) is 0 Å². The molecule has 2 aliphatic rings. The third-order valence-electron chi connectivity index (χ3n) is 4.17. The fourth-order valence-electron chi connectivity index (χ4n) is 2.97. The Labute approximate surface area is 166 Å². The summed E-state index contributed by atoms with van der Waals surface area (Å²) >= 11 is 5.11. The maximum Gasteiger partial charge on any atom is 0.338 e. The van der Waals surface area contributed by atoms with E-state index >= 15 is 0 Å². The summed E-state index contributed by atoms with van der Waals surface area (Å²) in [5, 5.41) is 0.653. The minimum Gasteiger partial charge on any atom is -0.462 e. The minimum atomic E-state index is -0.530. The molecule has 2 aliphatic heterocycles. The molecule has 1 saturated heterocycles. The van der Waals surface area contributed by atoms with E-state index in [0.717, 1.165) is 10.0 Å². The number of fused-ring (bicyclic) bond motifs is 1. The van der Waals surface area contributed by atoms with Crippen molar-refractivity contribution in [2.75, 3.05) is 12.4 Å². The van der Waals surface area contributed by atoms with Crippen LogP contribution < -0.4 is 0 Å². The number of thioether (sulfide) groups is 1. The van der Waals surface area contributed by atoms with Gasteiger partial charge in [0.25, 0.3) is 0 Å². The van der Waals surface area contributed by atoms with Crippen LogP contribution in [0.1, 0.15) is 38.8 Å². The molecule has 1 amide bonds. The fourth-order valence-corrected chi connectivity index (χ4v) is 4.48. The molecule has 26 heavy (non-hydrogen) atoms. The zero-order valence-electron chi connectivity index (χ0n) is 15.0. The first-order chi connectivity index (χ1) is 12.4. The molecule has 0 spiro atoms. The van der Waals surface area contributed by atoms with Crippen molar-refractivity contribution in [1.82, 2.24) is 4.90 Å². The van der Waals surface area contributed by atoms with Crippen LogP contribution in [0.3, 0.4) is 0 Å². The highest BCUT2D eigenvalue weighted by atomic mass is 79.9. The number of esters is 1. The van der Waals surface area contributed by atoms with Crippen molar-refractivity contribution in [3.05, 3.63) is 45.6 Å². The van der Waals surface area contributed by atoms with Crippen LogP contribution in [0, 0.1) is 5.92 Å². The molecule has 1 aromatic carbocycles. The van der Waals surface area contributed by atoms with Gasteiger partial charge in [0.05, 0.1) is 23.9 Å². The van der Waals surface area contributed by atoms with E-state index in [9.17, 15) is 9.59 Å². The molecule has 0 aliphatic carbocycles. The SMILES string of the molecule is CC1=C(C(=O)OCC(C)C)[C@H](c2ccccc2Br)N2C(=O)CCSC2=N1. The number of benzene rings is 1. The smallest absolute Gasteiger partial charge is 0.338 e. The lowest BCUT2D eigenvalue weighted by Crippen LogP contribution is -2.46. The summed E-state index contributed by atoms with van der Waals surface area (Å²) in [7, 11) is 0. The largest absolute Gasteiger partial charge is 0.462 e. The molecule has 0 bridgehead atoms. The number of rotatable bonds is 4. The summed E-state index contributed by atoms with van der Waals surface area (Å²) < 4.78 is 6.34. The fraction of sp³-hybridized carbons (Fsp3) is 0.421. The number of allylic oxidation sites excluding steroid dienone is 1. The van der Waals surface area contributed by atoms with Crippen LogP contribution >= 0.6 is 27.7 Å². The van der Waals surface area contributed by atoms with Gasteiger partial charge >= 0.3 is 5.97 Å². The lowest BCUT2D eigenvalue weighted by molar-refractivity contribution is -0.141. The Morgan fingerprint density at radius 1 is 1.42 bits per heavy atom. The van der Waals surface area contributed by atoms with Crippen molar-refractivity contribution in [2.24, 2.45) is 10.9 Å². The van der Waals surface area contributed by atoms with Gasteiger partial charge in [-0.05, 0) is 24.5 Å². The molecule has 7 heteroatoms. The van der Waals surface area contributed by atoms with Gasteiger partial charge in [0.15, 0.2) is 5.17 Å². The summed E-state index contributed by atoms with van der Waals surface area (Å²) in [5.41, 5.74) is 1.89. The molecule has 1 aromatic rings. The molecule has 0 N–H and O–H groups in total. The standard InChI is InChI=1S/C19H21BrN2O3S/c1-11(2)10-25-18(24)16-12(3)21-19-22(15(23)8-9-26-19)17(16)13-6-4-5-7-14(13)20/h4-7,11,17H,8-10H2,1-3H3/t17-/m0/s1. The molecule has 1 atom stereocenters. The van der Waals surface area contributed by atoms with E-state index < -0.39 is 12.0 Å². The van der Waals surface area contributed by atoms with Crippen LogP contribution in [0.2, 0.25) is 0 Å². The van der Waals surface area contributed by atoms with Crippen molar-refractivity contribution in [3.8, 4) is 0 Å². The van der Waals surface area contributed by atoms with E-state index in [1.807, 2.05) is 38.1 Å². The Hall–Kier alpha value is -1.60. The van der Waals surface area contributed by atoms with E-state index in [1.165, 1.54) is 0 Å². The van der Waals surface area contributed by atoms with Gasteiger partial charge in [-0.15, -0.1) is 0 Å². The number of hydrogen-bond donors (Lipinski definition) is 0. The topological polar surface area (TPSA) is 59.0 Å². The van der Waals surface area contributed by atoms with Crippen molar-refractivity contribution in [3.63, 3.8) is 0 Å². The van der Waals surface area contributed by atoms with Gasteiger partial charge in [0.1, 0.15) is 0 Å². The molecular formula is C19H21BrN2O3S. The highest BCUT2D eigenvalue weighted by Gasteiger charge is 2.42. The predicted octanol–water partition coefficient (Wildman–Crippen LogP) is 4.30. The molecule has 138 valence electrons. The van der Waals surface area contributed by atoms with Gasteiger partial charge in [0.2, 0.25) is 5.91 Å². The molecule has 2 heterocycles. The molecule has 0 saturated carbocycles. The monoisotopic (exact) mass is 436 g/mol. The highest BCUT2D eigenvalue weighted by Crippen LogP contribution is 2.42. The van der Waals surface area contributed by atoms with Crippen molar-refractivity contribution >= 4 is 44.7 Å². The molecule has 0 unspecified atom stereocenters. The summed E-state index contributed by atoms with van der Waals surface area (Å²) in [4.78, 5) is 31.8. The van der Waals surface area contributed by atoms with E-state index in [2.05, 4.69) is 20.9 Å². The van der Waals surface area contributed by atoms with Gasteiger partial charge in [-0.25, -0.2) is 9.79 Å². The number of aliphatic imine (C=N–C) groups is 1. The average molecular weight is 437 g/mol. The Morgan fingerprint density at radius 3 is 2.85 bits per heavy atom. The molecular weight excluding hydrogens is 416 g/mol. The van der Waals surface area contributed by atoms with Gasteiger partial charge in [0, 0.05) is 16.6 Å². The summed E-state index contributed by atoms with van der Waals surface area (Å²) in [5.74, 6) is 0.502. The van der Waals surface area contributed by atoms with Crippen molar-refractivity contribution in [2.45, 2.75) is 33.2 Å². The number of nitrogens with zero attached hydrogens (tertiary/aromatic N) is 2. The van der Waals surface area contributed by atoms with E-state index in [1.54, 1.807) is 23.6 Å². The number of hydrogen-bond acceptors (Lipinski definition) is 5. The third-order valence-corrected chi connectivity index (χ3v) is 5.85. The van der Waals surface area contributed by atoms with Crippen LogP contribution in [0.4, 0.5) is 0 Å². The van der Waals surface area contributed by atoms with Crippen LogP contribution in [0.25, 0.3) is 0 Å². The first-order valence-corrected chi connectivity index (χ1v) is 10.3. The van der Waals surface area contributed by atoms with Crippen LogP contribution in [-0.2, 0) is 14.3 Å². The summed E-state index contributed by atoms with van der Waals surface area (Å²) in [6.07, 6.45) is 0.429. The number of halogens is 1. The normalized spacial score (nSPS) is 20.2. The molecule has 3 rings (SSSR count). The van der Waals surface area contributed by atoms with Crippen LogP contribution in [0.15, 0.2) is 45.0 Å². The van der Waals surface area contributed by atoms with E-state index in [-0.39, 0.29) is 11.8 Å². The number of carbonyl (C=O) groups is 2. The second-order valence-electron chi connectivity index (χ2n) is 6.67. The first kappa shape index (κ1) is 19.2. The quantitative estimate of drug-likeness (QED) is 0.660. The Kier molecular flexibility index (Phi) is 5.87. The van der Waals surface area contributed by atoms with Gasteiger partial charge in [-0.3, -0.25) is 9.69 Å². The average Bonchev–Trinajstić information content (AvgIpc) is 2.59. The zero-order valence-corrected chi connectivity index (χ0v) is 17.4. The molecule has 0 radical (unpaired) electrons. The maximum absolute atomic E-state index is 12.9. The Balaban J connectivity index is 2.10. The highest BCUT2D eigenvalue weighted by molar-refractivity contribution is 9.10. The third kappa shape index (κ3) is 3.74. The Bertz CT molecular complexity index is 804. The van der Waals surface area contributed by atoms with E-state index in [0.29, 0.717) is 35.2 Å². The number of amidine groups is 1. The van der Waals surface area contributed by atoms with E-state index in [4.69, 9.17) is 4.74 Å². The summed E-state index contributed by atoms with van der Waals surface area (Å²) in [6.45, 7) is 6.11. The molecule has 0 aromatic heterocycles. The van der Waals surface area contributed by atoms with Gasteiger partial charge in [-0.2, -0.15) is 0 Å². The van der Waals surface area contributed by atoms with Gasteiger partial charge < -0.3 is 4.74 Å². The lowest BCUT2D eigenvalue weighted by Gasteiger charge is -2.39. The van der Waals surface area contributed by atoms with Gasteiger partial charge in [-0.1, -0.05) is 59.7 Å². The number of amides is 1. The van der Waals surface area contributed by atoms with Crippen molar-refractivity contribution < 1.29 is 14.3 Å². The minimum absolute atomic E-state index is 0.0232. The predicted molar refractivity (Wildman–Crippen MR) is 107 cm³/mol. The summed E-state index contributed by atoms with van der Waals surface area (Å²) in [6, 6.07) is 7.12. The lowest BCUT2D eigenvalue weighted by atomic mass is 9.94. The second-order valence-corrected chi connectivity index (χ2v) is 8.59. The molecule has 1 fully saturated rings. The maximum atomic E-state index is 12.9. The van der Waals surface area contributed by atoms with Crippen LogP contribution in [0.5, 0.6) is 0 Å². The van der Waals surface area contributed by atoms with Crippen LogP contribution in [-0.4, -0.2) is 34.3 Å². The number of carbonyl (C=O) groups excluding carboxylic acids is 2.